The van der Waals surface area contributed by atoms with Gasteiger partial charge in [-0.15, -0.1) is 0 Å². The van der Waals surface area contributed by atoms with Crippen molar-refractivity contribution in [3.05, 3.63) is 57.8 Å². The van der Waals surface area contributed by atoms with Gasteiger partial charge in [0, 0.05) is 10.0 Å². The van der Waals surface area contributed by atoms with Crippen LogP contribution in [-0.4, -0.2) is 5.11 Å². The van der Waals surface area contributed by atoms with Crippen LogP contribution in [0, 0.1) is 12.7 Å². The topological polar surface area (TPSA) is 29.5 Å². The van der Waals surface area contributed by atoms with Crippen molar-refractivity contribution in [3.8, 4) is 11.5 Å². The van der Waals surface area contributed by atoms with E-state index in [1.54, 1.807) is 32.0 Å². The van der Waals surface area contributed by atoms with Crippen LogP contribution in [0.2, 0.25) is 0 Å². The Morgan fingerprint density at radius 2 is 1.84 bits per heavy atom. The van der Waals surface area contributed by atoms with Gasteiger partial charge in [0.05, 0.1) is 6.10 Å². The van der Waals surface area contributed by atoms with Gasteiger partial charge in [0.15, 0.2) is 0 Å². The van der Waals surface area contributed by atoms with Crippen molar-refractivity contribution in [1.82, 2.24) is 0 Å². The van der Waals surface area contributed by atoms with Crippen LogP contribution in [0.15, 0.2) is 40.9 Å². The van der Waals surface area contributed by atoms with Crippen LogP contribution in [-0.2, 0) is 0 Å². The fourth-order valence-corrected chi connectivity index (χ4v) is 1.98. The monoisotopic (exact) mass is 324 g/mol. The third-order valence-corrected chi connectivity index (χ3v) is 3.31. The molecule has 0 heterocycles. The predicted octanol–water partition coefficient (Wildman–Crippen LogP) is 4.74. The Kier molecular flexibility index (Phi) is 4.22. The number of ether oxygens (including phenoxy) is 1. The average Bonchev–Trinajstić information content (AvgIpc) is 2.36. The van der Waals surface area contributed by atoms with E-state index in [9.17, 15) is 9.50 Å². The van der Waals surface area contributed by atoms with Gasteiger partial charge in [0.1, 0.15) is 17.3 Å². The van der Waals surface area contributed by atoms with Crippen LogP contribution in [0.25, 0.3) is 0 Å². The molecular formula is C15H14BrFO2. The van der Waals surface area contributed by atoms with Crippen LogP contribution in [0.5, 0.6) is 11.5 Å². The van der Waals surface area contributed by atoms with Crippen molar-refractivity contribution in [1.29, 1.82) is 0 Å². The van der Waals surface area contributed by atoms with E-state index in [2.05, 4.69) is 15.9 Å². The highest BCUT2D eigenvalue weighted by Crippen LogP contribution is 2.32. The van der Waals surface area contributed by atoms with Crippen molar-refractivity contribution in [2.24, 2.45) is 0 Å². The molecule has 1 unspecified atom stereocenters. The Hall–Kier alpha value is -1.39. The summed E-state index contributed by atoms with van der Waals surface area (Å²) in [5.74, 6) is 0.756. The van der Waals surface area contributed by atoms with Crippen molar-refractivity contribution >= 4 is 15.9 Å². The Balaban J connectivity index is 2.38. The molecule has 1 atom stereocenters. The molecule has 1 N–H and O–H groups in total. The van der Waals surface area contributed by atoms with E-state index in [1.807, 2.05) is 12.1 Å². The number of aliphatic hydroxyl groups is 1. The maximum Gasteiger partial charge on any atom is 0.133 e. The maximum absolute atomic E-state index is 13.5. The quantitative estimate of drug-likeness (QED) is 0.883. The van der Waals surface area contributed by atoms with E-state index in [0.717, 1.165) is 4.47 Å². The second kappa shape index (κ2) is 5.72. The molecule has 2 nitrogen and oxygen atoms in total. The third-order valence-electron chi connectivity index (χ3n) is 2.78. The Labute approximate surface area is 120 Å². The lowest BCUT2D eigenvalue weighted by atomic mass is 10.1. The van der Waals surface area contributed by atoms with E-state index in [4.69, 9.17) is 4.74 Å². The van der Waals surface area contributed by atoms with Crippen LogP contribution in [0.3, 0.4) is 0 Å². The number of aryl methyl sites for hydroxylation is 1. The summed E-state index contributed by atoms with van der Waals surface area (Å²) in [7, 11) is 0. The number of hydrogen-bond acceptors (Lipinski definition) is 2. The van der Waals surface area contributed by atoms with Gasteiger partial charge in [-0.1, -0.05) is 15.9 Å². The summed E-state index contributed by atoms with van der Waals surface area (Å²) in [4.78, 5) is 0. The van der Waals surface area contributed by atoms with Gasteiger partial charge in [-0.3, -0.25) is 0 Å². The average molecular weight is 325 g/mol. The first-order valence-electron chi connectivity index (χ1n) is 5.89. The SMILES string of the molecule is Cc1cc(Oc2ccc(Br)cc2)c(C(C)O)cc1F. The second-order valence-electron chi connectivity index (χ2n) is 4.37. The van der Waals surface area contributed by atoms with Gasteiger partial charge in [-0.05, 0) is 55.8 Å². The summed E-state index contributed by atoms with van der Waals surface area (Å²) < 4.78 is 20.2. The molecule has 0 aliphatic carbocycles. The normalized spacial score (nSPS) is 12.3. The minimum Gasteiger partial charge on any atom is -0.457 e. The molecule has 0 radical (unpaired) electrons. The first-order valence-corrected chi connectivity index (χ1v) is 6.68. The van der Waals surface area contributed by atoms with Gasteiger partial charge in [-0.25, -0.2) is 4.39 Å². The molecule has 0 aliphatic rings. The van der Waals surface area contributed by atoms with Crippen molar-refractivity contribution in [3.63, 3.8) is 0 Å². The molecule has 0 spiro atoms. The van der Waals surface area contributed by atoms with Gasteiger partial charge in [0.25, 0.3) is 0 Å². The molecule has 100 valence electrons. The predicted molar refractivity (Wildman–Crippen MR) is 76.0 cm³/mol. The molecule has 0 bridgehead atoms. The molecule has 0 saturated heterocycles. The molecule has 4 heteroatoms. The Morgan fingerprint density at radius 1 is 1.21 bits per heavy atom. The Bertz CT molecular complexity index is 579. The van der Waals surface area contributed by atoms with Gasteiger partial charge >= 0.3 is 0 Å². The number of benzene rings is 2. The molecule has 0 amide bonds. The fourth-order valence-electron chi connectivity index (χ4n) is 1.71. The molecule has 2 aromatic rings. The minimum atomic E-state index is -0.791. The highest BCUT2D eigenvalue weighted by Gasteiger charge is 2.13. The van der Waals surface area contributed by atoms with E-state index in [1.165, 1.54) is 6.07 Å². The first kappa shape index (κ1) is 14.0. The molecule has 0 saturated carbocycles. The lowest BCUT2D eigenvalue weighted by Gasteiger charge is -2.14. The molecule has 2 rings (SSSR count). The molecule has 0 aliphatic heterocycles. The van der Waals surface area contributed by atoms with Crippen LogP contribution in [0.1, 0.15) is 24.2 Å². The lowest BCUT2D eigenvalue weighted by Crippen LogP contribution is -1.99. The number of halogens is 2. The van der Waals surface area contributed by atoms with E-state index in [0.29, 0.717) is 22.6 Å². The maximum atomic E-state index is 13.5. The zero-order valence-corrected chi connectivity index (χ0v) is 12.2. The van der Waals surface area contributed by atoms with E-state index < -0.39 is 6.10 Å². The van der Waals surface area contributed by atoms with E-state index >= 15 is 0 Å². The zero-order valence-electron chi connectivity index (χ0n) is 10.7. The summed E-state index contributed by atoms with van der Waals surface area (Å²) in [6.07, 6.45) is -0.791. The molecular weight excluding hydrogens is 311 g/mol. The van der Waals surface area contributed by atoms with Gasteiger partial charge in [0.2, 0.25) is 0 Å². The lowest BCUT2D eigenvalue weighted by molar-refractivity contribution is 0.195. The van der Waals surface area contributed by atoms with Gasteiger partial charge < -0.3 is 9.84 Å². The summed E-state index contributed by atoms with van der Waals surface area (Å²) >= 11 is 3.34. The summed E-state index contributed by atoms with van der Waals surface area (Å²) in [5.41, 5.74) is 0.919. The third kappa shape index (κ3) is 3.33. The number of aliphatic hydroxyl groups excluding tert-OH is 1. The zero-order chi connectivity index (χ0) is 14.0. The highest BCUT2D eigenvalue weighted by atomic mass is 79.9. The van der Waals surface area contributed by atoms with Crippen LogP contribution < -0.4 is 4.74 Å². The fraction of sp³-hybridized carbons (Fsp3) is 0.200. The minimum absolute atomic E-state index is 0.348. The molecule has 0 fully saturated rings. The molecule has 0 aromatic heterocycles. The number of hydrogen-bond donors (Lipinski definition) is 1. The molecule has 19 heavy (non-hydrogen) atoms. The van der Waals surface area contributed by atoms with Crippen molar-refractivity contribution in [2.75, 3.05) is 0 Å². The second-order valence-corrected chi connectivity index (χ2v) is 5.29. The first-order chi connectivity index (χ1) is 8.97. The van der Waals surface area contributed by atoms with Crippen LogP contribution in [0.4, 0.5) is 4.39 Å². The highest BCUT2D eigenvalue weighted by molar-refractivity contribution is 9.10. The standard InChI is InChI=1S/C15H14BrFO2/c1-9-7-15(13(10(2)18)8-14(9)17)19-12-5-3-11(16)4-6-12/h3-8,10,18H,1-2H3. The summed E-state index contributed by atoms with van der Waals surface area (Å²) in [6, 6.07) is 10.2. The van der Waals surface area contributed by atoms with Crippen molar-refractivity contribution in [2.45, 2.75) is 20.0 Å². The van der Waals surface area contributed by atoms with Gasteiger partial charge in [-0.2, -0.15) is 0 Å². The number of rotatable bonds is 3. The van der Waals surface area contributed by atoms with Crippen LogP contribution >= 0.6 is 15.9 Å². The van der Waals surface area contributed by atoms with E-state index in [-0.39, 0.29) is 5.82 Å². The van der Waals surface area contributed by atoms with Crippen molar-refractivity contribution < 1.29 is 14.2 Å². The Morgan fingerprint density at radius 3 is 2.42 bits per heavy atom. The molecule has 2 aromatic carbocycles. The smallest absolute Gasteiger partial charge is 0.133 e. The summed E-state index contributed by atoms with van der Waals surface area (Å²) in [6.45, 7) is 3.24. The largest absolute Gasteiger partial charge is 0.457 e. The summed E-state index contributed by atoms with van der Waals surface area (Å²) in [5, 5.41) is 9.69.